The number of nitrogens with zero attached hydrogens (tertiary/aromatic N) is 2. The van der Waals surface area contributed by atoms with Crippen LogP contribution >= 0.6 is 11.8 Å². The fraction of sp³-hybridized carbons (Fsp3) is 0.214. The lowest BCUT2D eigenvalue weighted by atomic mass is 10.2. The molecule has 0 N–H and O–H groups in total. The van der Waals surface area contributed by atoms with Crippen molar-refractivity contribution in [2.24, 2.45) is 7.05 Å². The Kier molecular flexibility index (Phi) is 4.99. The van der Waals surface area contributed by atoms with E-state index in [0.717, 1.165) is 5.16 Å². The minimum atomic E-state index is -0.432. The number of carbonyl (C=O) groups excluding carboxylic acids is 2. The van der Waals surface area contributed by atoms with Gasteiger partial charge in [-0.2, -0.15) is 0 Å². The van der Waals surface area contributed by atoms with Crippen LogP contribution in [0.2, 0.25) is 0 Å². The van der Waals surface area contributed by atoms with E-state index in [-0.39, 0.29) is 11.7 Å². The van der Waals surface area contributed by atoms with E-state index in [4.69, 9.17) is 4.74 Å². The Bertz CT molecular complexity index is 637. The largest absolute Gasteiger partial charge is 0.465 e. The zero-order chi connectivity index (χ0) is 15.2. The normalized spacial score (nSPS) is 10.2. The Morgan fingerprint density at radius 2 is 2.00 bits per heavy atom. The third-order valence-electron chi connectivity index (χ3n) is 2.60. The van der Waals surface area contributed by atoms with E-state index in [2.05, 4.69) is 9.72 Å². The molecule has 7 heteroatoms. The number of thioether (sulfide) groups is 1. The van der Waals surface area contributed by atoms with Crippen LogP contribution in [0.4, 0.5) is 0 Å². The van der Waals surface area contributed by atoms with Crippen molar-refractivity contribution in [2.45, 2.75) is 5.16 Å². The van der Waals surface area contributed by atoms with Crippen LogP contribution in [-0.2, 0) is 16.6 Å². The van der Waals surface area contributed by atoms with Crippen LogP contribution in [0, 0.1) is 0 Å². The highest BCUT2D eigenvalue weighted by molar-refractivity contribution is 7.99. The number of aryl methyl sites for hydroxylation is 1. The first kappa shape index (κ1) is 15.1. The van der Waals surface area contributed by atoms with Crippen molar-refractivity contribution in [2.75, 3.05) is 12.9 Å². The Hall–Kier alpha value is -2.28. The zero-order valence-corrected chi connectivity index (χ0v) is 12.4. The molecule has 0 bridgehead atoms. The van der Waals surface area contributed by atoms with Gasteiger partial charge in [-0.1, -0.05) is 11.8 Å². The van der Waals surface area contributed by atoms with Gasteiger partial charge < -0.3 is 14.0 Å². The molecular weight excluding hydrogens is 292 g/mol. The lowest BCUT2D eigenvalue weighted by molar-refractivity contribution is -0.131. The Morgan fingerprint density at radius 3 is 2.57 bits per heavy atom. The Labute approximate surface area is 126 Å². The first-order valence-corrected chi connectivity index (χ1v) is 7.08. The van der Waals surface area contributed by atoms with Gasteiger partial charge in [-0.05, 0) is 24.3 Å². The quantitative estimate of drug-likeness (QED) is 0.477. The van der Waals surface area contributed by atoms with Crippen LogP contribution in [0.3, 0.4) is 0 Å². The molecule has 0 aliphatic heterocycles. The van der Waals surface area contributed by atoms with Gasteiger partial charge in [-0.25, -0.2) is 9.78 Å². The highest BCUT2D eigenvalue weighted by atomic mass is 32.2. The zero-order valence-electron chi connectivity index (χ0n) is 11.6. The minimum absolute atomic E-state index is 0.156. The Morgan fingerprint density at radius 1 is 1.29 bits per heavy atom. The second-order valence-corrected chi connectivity index (χ2v) is 5.04. The van der Waals surface area contributed by atoms with Crippen molar-refractivity contribution in [3.8, 4) is 5.75 Å². The van der Waals surface area contributed by atoms with Gasteiger partial charge >= 0.3 is 11.9 Å². The average Bonchev–Trinajstić information content (AvgIpc) is 2.90. The van der Waals surface area contributed by atoms with Gasteiger partial charge in [0.2, 0.25) is 0 Å². The van der Waals surface area contributed by atoms with Crippen molar-refractivity contribution in [3.05, 3.63) is 42.2 Å². The highest BCUT2D eigenvalue weighted by Gasteiger charge is 2.10. The topological polar surface area (TPSA) is 70.4 Å². The third-order valence-corrected chi connectivity index (χ3v) is 3.63. The van der Waals surface area contributed by atoms with Crippen molar-refractivity contribution in [1.29, 1.82) is 0 Å². The predicted molar refractivity (Wildman–Crippen MR) is 77.3 cm³/mol. The number of hydrogen-bond donors (Lipinski definition) is 0. The van der Waals surface area contributed by atoms with Gasteiger partial charge in [0.05, 0.1) is 18.4 Å². The summed E-state index contributed by atoms with van der Waals surface area (Å²) in [4.78, 5) is 27.1. The van der Waals surface area contributed by atoms with E-state index in [1.807, 2.05) is 11.6 Å². The summed E-state index contributed by atoms with van der Waals surface area (Å²) in [7, 11) is 3.16. The monoisotopic (exact) mass is 306 g/mol. The molecule has 0 unspecified atom stereocenters. The number of aromatic nitrogens is 2. The van der Waals surface area contributed by atoms with Crippen LogP contribution in [0.15, 0.2) is 41.8 Å². The van der Waals surface area contributed by atoms with Gasteiger partial charge in [0, 0.05) is 19.4 Å². The molecule has 0 aliphatic rings. The highest BCUT2D eigenvalue weighted by Crippen LogP contribution is 2.17. The molecule has 6 nitrogen and oxygen atoms in total. The molecule has 1 aromatic carbocycles. The molecular formula is C14H14N2O4S. The lowest BCUT2D eigenvalue weighted by Crippen LogP contribution is -2.11. The van der Waals surface area contributed by atoms with Gasteiger partial charge in [0.25, 0.3) is 0 Å². The van der Waals surface area contributed by atoms with E-state index >= 15 is 0 Å². The van der Waals surface area contributed by atoms with Crippen molar-refractivity contribution < 1.29 is 19.1 Å². The van der Waals surface area contributed by atoms with Crippen LogP contribution < -0.4 is 4.74 Å². The van der Waals surface area contributed by atoms with E-state index in [9.17, 15) is 9.59 Å². The molecule has 21 heavy (non-hydrogen) atoms. The van der Waals surface area contributed by atoms with Crippen LogP contribution in [0.25, 0.3) is 0 Å². The number of hydrogen-bond acceptors (Lipinski definition) is 6. The van der Waals surface area contributed by atoms with E-state index < -0.39 is 5.97 Å². The number of carbonyl (C=O) groups is 2. The van der Waals surface area contributed by atoms with Crippen molar-refractivity contribution in [3.63, 3.8) is 0 Å². The number of rotatable bonds is 5. The average molecular weight is 306 g/mol. The van der Waals surface area contributed by atoms with E-state index in [0.29, 0.717) is 11.3 Å². The summed E-state index contributed by atoms with van der Waals surface area (Å²) in [5.41, 5.74) is 0.402. The van der Waals surface area contributed by atoms with Crippen molar-refractivity contribution in [1.82, 2.24) is 9.55 Å². The van der Waals surface area contributed by atoms with Gasteiger partial charge in [0.15, 0.2) is 5.16 Å². The van der Waals surface area contributed by atoms with Crippen LogP contribution in [0.1, 0.15) is 10.4 Å². The fourth-order valence-electron chi connectivity index (χ4n) is 1.55. The summed E-state index contributed by atoms with van der Waals surface area (Å²) in [6, 6.07) is 6.19. The van der Waals surface area contributed by atoms with E-state index in [1.54, 1.807) is 36.7 Å². The minimum Gasteiger partial charge on any atom is -0.465 e. The molecule has 2 rings (SSSR count). The van der Waals surface area contributed by atoms with Crippen LogP contribution in [0.5, 0.6) is 5.75 Å². The van der Waals surface area contributed by atoms with Crippen LogP contribution in [-0.4, -0.2) is 34.4 Å². The predicted octanol–water partition coefficient (Wildman–Crippen LogP) is 1.90. The number of imidazole rings is 1. The maximum Gasteiger partial charge on any atom is 0.337 e. The first-order valence-electron chi connectivity index (χ1n) is 6.09. The maximum absolute atomic E-state index is 11.7. The Balaban J connectivity index is 1.88. The summed E-state index contributed by atoms with van der Waals surface area (Å²) < 4.78 is 11.6. The molecule has 1 heterocycles. The molecule has 0 aliphatic carbocycles. The molecule has 110 valence electrons. The fourth-order valence-corrected chi connectivity index (χ4v) is 2.26. The molecule has 0 radical (unpaired) electrons. The second kappa shape index (κ2) is 6.94. The van der Waals surface area contributed by atoms with Gasteiger partial charge in [-0.15, -0.1) is 0 Å². The van der Waals surface area contributed by atoms with E-state index in [1.165, 1.54) is 18.9 Å². The summed E-state index contributed by atoms with van der Waals surface area (Å²) in [6.07, 6.45) is 3.47. The third kappa shape index (κ3) is 4.09. The molecule has 0 fully saturated rings. The maximum atomic E-state index is 11.7. The standard InChI is InChI=1S/C14H14N2O4S/c1-16-8-7-15-14(16)21-9-12(17)20-11-5-3-10(4-6-11)13(18)19-2/h3-8H,9H2,1-2H3. The summed E-state index contributed by atoms with van der Waals surface area (Å²) in [5.74, 6) is -0.274. The summed E-state index contributed by atoms with van der Waals surface area (Å²) in [5, 5.41) is 0.744. The summed E-state index contributed by atoms with van der Waals surface area (Å²) >= 11 is 1.30. The van der Waals surface area contributed by atoms with Gasteiger partial charge in [-0.3, -0.25) is 4.79 Å². The van der Waals surface area contributed by atoms with Gasteiger partial charge in [0.1, 0.15) is 5.75 Å². The molecule has 0 amide bonds. The molecule has 0 atom stereocenters. The molecule has 2 aromatic rings. The van der Waals surface area contributed by atoms with Crippen molar-refractivity contribution >= 4 is 23.7 Å². The summed E-state index contributed by atoms with van der Waals surface area (Å²) in [6.45, 7) is 0. The molecule has 0 spiro atoms. The molecule has 0 saturated heterocycles. The first-order chi connectivity index (χ1) is 10.1. The lowest BCUT2D eigenvalue weighted by Gasteiger charge is -2.05. The second-order valence-electron chi connectivity index (χ2n) is 4.10. The molecule has 0 saturated carbocycles. The number of benzene rings is 1. The number of ether oxygens (including phenoxy) is 2. The SMILES string of the molecule is COC(=O)c1ccc(OC(=O)CSc2nccn2C)cc1. The number of methoxy groups -OCH3 is 1. The smallest absolute Gasteiger partial charge is 0.337 e. The molecule has 1 aromatic heterocycles. The number of esters is 2.